The fourth-order valence-corrected chi connectivity index (χ4v) is 4.07. The van der Waals surface area contributed by atoms with Gasteiger partial charge >= 0.3 is 0 Å². The van der Waals surface area contributed by atoms with Crippen molar-refractivity contribution in [2.24, 2.45) is 0 Å². The lowest BCUT2D eigenvalue weighted by molar-refractivity contribution is -0.116. The summed E-state index contributed by atoms with van der Waals surface area (Å²) in [5, 5.41) is 3.27. The lowest BCUT2D eigenvalue weighted by Crippen LogP contribution is -2.32. The van der Waals surface area contributed by atoms with Crippen LogP contribution in [0.2, 0.25) is 0 Å². The van der Waals surface area contributed by atoms with E-state index in [1.54, 1.807) is 18.2 Å². The van der Waals surface area contributed by atoms with Crippen molar-refractivity contribution in [3.05, 3.63) is 58.7 Å². The molecule has 136 valence electrons. The van der Waals surface area contributed by atoms with Gasteiger partial charge in [-0.05, 0) is 43.7 Å². The van der Waals surface area contributed by atoms with E-state index in [-0.39, 0.29) is 30.7 Å². The smallest absolute Gasteiger partial charge is 0.261 e. The molecule has 6 nitrogen and oxygen atoms in total. The number of nitrogens with zero attached hydrogens (tertiary/aromatic N) is 2. The Morgan fingerprint density at radius 2 is 1.74 bits per heavy atom. The van der Waals surface area contributed by atoms with E-state index >= 15 is 0 Å². The molecule has 0 saturated heterocycles. The van der Waals surface area contributed by atoms with Gasteiger partial charge in [0.2, 0.25) is 5.91 Å². The van der Waals surface area contributed by atoms with Gasteiger partial charge in [-0.15, -0.1) is 0 Å². The molecule has 2 heterocycles. The molecule has 0 bridgehead atoms. The summed E-state index contributed by atoms with van der Waals surface area (Å²) in [5.41, 5.74) is 3.68. The van der Waals surface area contributed by atoms with Crippen LogP contribution in [0.1, 0.15) is 38.3 Å². The van der Waals surface area contributed by atoms with E-state index in [9.17, 15) is 14.4 Å². The van der Waals surface area contributed by atoms with E-state index in [0.29, 0.717) is 16.3 Å². The van der Waals surface area contributed by atoms with Crippen molar-refractivity contribution in [2.75, 3.05) is 11.9 Å². The number of nitrogens with one attached hydrogen (secondary N) is 1. The number of amides is 3. The molecular weight excluding hydrogens is 362 g/mol. The molecule has 0 spiro atoms. The topological polar surface area (TPSA) is 79.4 Å². The predicted octanol–water partition coefficient (Wildman–Crippen LogP) is 3.54. The molecule has 0 fully saturated rings. The number of aryl methyl sites for hydroxylation is 2. The molecule has 0 atom stereocenters. The number of anilines is 1. The van der Waals surface area contributed by atoms with Gasteiger partial charge in [0.05, 0.1) is 21.3 Å². The Morgan fingerprint density at radius 1 is 1.04 bits per heavy atom. The molecule has 4 rings (SSSR count). The number of carbonyl (C=O) groups is 3. The van der Waals surface area contributed by atoms with E-state index in [0.717, 1.165) is 26.2 Å². The minimum Gasteiger partial charge on any atom is -0.302 e. The quantitative estimate of drug-likeness (QED) is 0.703. The van der Waals surface area contributed by atoms with Gasteiger partial charge < -0.3 is 5.32 Å². The first-order chi connectivity index (χ1) is 12.9. The Balaban J connectivity index is 1.42. The Labute approximate surface area is 159 Å². The molecule has 27 heavy (non-hydrogen) atoms. The van der Waals surface area contributed by atoms with Gasteiger partial charge in [0.15, 0.2) is 5.13 Å². The van der Waals surface area contributed by atoms with E-state index in [4.69, 9.17) is 0 Å². The Hall–Kier alpha value is -3.06. The highest BCUT2D eigenvalue weighted by Gasteiger charge is 2.35. The van der Waals surface area contributed by atoms with Crippen molar-refractivity contribution < 1.29 is 14.4 Å². The number of rotatable bonds is 4. The molecule has 1 aliphatic heterocycles. The summed E-state index contributed by atoms with van der Waals surface area (Å²) in [7, 11) is 0. The Bertz CT molecular complexity index is 1100. The number of fused-ring (bicyclic) bond motifs is 2. The molecule has 0 unspecified atom stereocenters. The van der Waals surface area contributed by atoms with Crippen LogP contribution < -0.4 is 5.32 Å². The molecule has 2 aromatic carbocycles. The third-order valence-electron chi connectivity index (χ3n) is 4.48. The average molecular weight is 379 g/mol. The number of benzene rings is 2. The van der Waals surface area contributed by atoms with Gasteiger partial charge in [0.25, 0.3) is 11.8 Å². The highest BCUT2D eigenvalue weighted by atomic mass is 32.1. The van der Waals surface area contributed by atoms with Crippen LogP contribution in [-0.4, -0.2) is 34.2 Å². The fourth-order valence-electron chi connectivity index (χ4n) is 3.09. The zero-order valence-corrected chi connectivity index (χ0v) is 15.7. The SMILES string of the molecule is Cc1ccc2c(c1)C(=O)N(CCC(=O)Nc1nc3ccc(C)cc3s1)C2=O. The normalized spacial score (nSPS) is 13.3. The van der Waals surface area contributed by atoms with Crippen molar-refractivity contribution >= 4 is 44.4 Å². The number of imide groups is 1. The number of thiazole rings is 1. The molecule has 3 aromatic rings. The van der Waals surface area contributed by atoms with Gasteiger partial charge in [-0.1, -0.05) is 29.0 Å². The predicted molar refractivity (Wildman–Crippen MR) is 104 cm³/mol. The summed E-state index contributed by atoms with van der Waals surface area (Å²) in [5.74, 6) is -0.973. The Kier molecular flexibility index (Phi) is 4.24. The zero-order chi connectivity index (χ0) is 19.1. The van der Waals surface area contributed by atoms with Gasteiger partial charge in [0, 0.05) is 13.0 Å². The number of hydrogen-bond donors (Lipinski definition) is 1. The first kappa shape index (κ1) is 17.4. The maximum Gasteiger partial charge on any atom is 0.261 e. The first-order valence-electron chi connectivity index (χ1n) is 8.56. The molecule has 7 heteroatoms. The summed E-state index contributed by atoms with van der Waals surface area (Å²) in [6.07, 6.45) is 0.0272. The standard InChI is InChI=1S/C20H17N3O3S/c1-11-3-5-13-14(9-11)19(26)23(18(13)25)8-7-17(24)22-20-21-15-6-4-12(2)10-16(15)27-20/h3-6,9-10H,7-8H2,1-2H3,(H,21,22,24). The van der Waals surface area contributed by atoms with Crippen molar-refractivity contribution in [1.29, 1.82) is 0 Å². The van der Waals surface area contributed by atoms with Crippen LogP contribution in [-0.2, 0) is 4.79 Å². The molecule has 0 aliphatic carbocycles. The van der Waals surface area contributed by atoms with Crippen molar-refractivity contribution in [3.63, 3.8) is 0 Å². The van der Waals surface area contributed by atoms with E-state index in [1.807, 2.05) is 32.0 Å². The molecule has 1 aromatic heterocycles. The van der Waals surface area contributed by atoms with Crippen LogP contribution in [0, 0.1) is 13.8 Å². The third-order valence-corrected chi connectivity index (χ3v) is 5.41. The van der Waals surface area contributed by atoms with Gasteiger partial charge in [-0.25, -0.2) is 4.98 Å². The van der Waals surface area contributed by atoms with Gasteiger partial charge in [-0.2, -0.15) is 0 Å². The number of aromatic nitrogens is 1. The van der Waals surface area contributed by atoms with Gasteiger partial charge in [-0.3, -0.25) is 19.3 Å². The molecular formula is C20H17N3O3S. The molecule has 1 N–H and O–H groups in total. The van der Waals surface area contributed by atoms with Gasteiger partial charge in [0.1, 0.15) is 0 Å². The van der Waals surface area contributed by atoms with E-state index in [2.05, 4.69) is 10.3 Å². The minimum absolute atomic E-state index is 0.0272. The summed E-state index contributed by atoms with van der Waals surface area (Å²) in [6, 6.07) is 11.1. The number of carbonyl (C=O) groups excluding carboxylic acids is 3. The van der Waals surface area contributed by atoms with Crippen LogP contribution in [0.5, 0.6) is 0 Å². The number of hydrogen-bond acceptors (Lipinski definition) is 5. The van der Waals surface area contributed by atoms with E-state index < -0.39 is 0 Å². The molecule has 3 amide bonds. The maximum atomic E-state index is 12.4. The summed E-state index contributed by atoms with van der Waals surface area (Å²) < 4.78 is 1.00. The second-order valence-electron chi connectivity index (χ2n) is 6.60. The zero-order valence-electron chi connectivity index (χ0n) is 14.9. The summed E-state index contributed by atoms with van der Waals surface area (Å²) in [6.45, 7) is 3.91. The monoisotopic (exact) mass is 379 g/mol. The molecule has 1 aliphatic rings. The third kappa shape index (κ3) is 3.21. The second-order valence-corrected chi connectivity index (χ2v) is 7.63. The molecule has 0 radical (unpaired) electrons. The van der Waals surface area contributed by atoms with Crippen molar-refractivity contribution in [1.82, 2.24) is 9.88 Å². The van der Waals surface area contributed by atoms with Crippen LogP contribution in [0.25, 0.3) is 10.2 Å². The maximum absolute atomic E-state index is 12.4. The average Bonchev–Trinajstić information content (AvgIpc) is 3.11. The first-order valence-corrected chi connectivity index (χ1v) is 9.38. The van der Waals surface area contributed by atoms with Crippen molar-refractivity contribution in [2.45, 2.75) is 20.3 Å². The fraction of sp³-hybridized carbons (Fsp3) is 0.200. The lowest BCUT2D eigenvalue weighted by Gasteiger charge is -2.12. The van der Waals surface area contributed by atoms with Crippen LogP contribution in [0.3, 0.4) is 0 Å². The minimum atomic E-state index is -0.349. The van der Waals surface area contributed by atoms with Crippen LogP contribution in [0.15, 0.2) is 36.4 Å². The molecule has 0 saturated carbocycles. The van der Waals surface area contributed by atoms with Crippen LogP contribution >= 0.6 is 11.3 Å². The van der Waals surface area contributed by atoms with E-state index in [1.165, 1.54) is 11.3 Å². The lowest BCUT2D eigenvalue weighted by atomic mass is 10.1. The Morgan fingerprint density at radius 3 is 2.56 bits per heavy atom. The van der Waals surface area contributed by atoms with Crippen molar-refractivity contribution in [3.8, 4) is 0 Å². The van der Waals surface area contributed by atoms with Crippen LogP contribution in [0.4, 0.5) is 5.13 Å². The highest BCUT2D eigenvalue weighted by Crippen LogP contribution is 2.27. The second kappa shape index (κ2) is 6.59. The largest absolute Gasteiger partial charge is 0.302 e. The summed E-state index contributed by atoms with van der Waals surface area (Å²) in [4.78, 5) is 42.6. The highest BCUT2D eigenvalue weighted by molar-refractivity contribution is 7.22. The summed E-state index contributed by atoms with van der Waals surface area (Å²) >= 11 is 1.40.